The van der Waals surface area contributed by atoms with E-state index in [1.807, 2.05) is 7.11 Å². The van der Waals surface area contributed by atoms with Crippen molar-refractivity contribution in [2.75, 3.05) is 20.2 Å². The Morgan fingerprint density at radius 3 is 2.55 bits per heavy atom. The van der Waals surface area contributed by atoms with E-state index in [4.69, 9.17) is 4.74 Å². The number of nitriles is 1. The standard InChI is InChI=1S/C17H30N2O/c1-17(2,3)14-8-7-13(11-18)16(10-14)19-9-5-6-15(12-19)20-4/h13-16H,5-10,12H2,1-4H3. The third-order valence-electron chi connectivity index (χ3n) is 5.42. The number of rotatable bonds is 2. The van der Waals surface area contributed by atoms with Crippen LogP contribution < -0.4 is 0 Å². The lowest BCUT2D eigenvalue weighted by Gasteiger charge is -2.46. The minimum absolute atomic E-state index is 0.212. The predicted octanol–water partition coefficient (Wildman–Crippen LogP) is 3.45. The van der Waals surface area contributed by atoms with Gasteiger partial charge in [-0.15, -0.1) is 0 Å². The molecule has 0 spiro atoms. The Morgan fingerprint density at radius 1 is 1.20 bits per heavy atom. The summed E-state index contributed by atoms with van der Waals surface area (Å²) in [7, 11) is 1.81. The highest BCUT2D eigenvalue weighted by Crippen LogP contribution is 2.42. The number of nitrogens with zero attached hydrogens (tertiary/aromatic N) is 2. The van der Waals surface area contributed by atoms with Gasteiger partial charge in [0, 0.05) is 19.7 Å². The van der Waals surface area contributed by atoms with E-state index in [9.17, 15) is 5.26 Å². The first-order chi connectivity index (χ1) is 9.45. The molecule has 0 radical (unpaired) electrons. The molecule has 3 heteroatoms. The normalized spacial score (nSPS) is 36.5. The first-order valence-corrected chi connectivity index (χ1v) is 8.12. The van der Waals surface area contributed by atoms with Gasteiger partial charge in [0.2, 0.25) is 0 Å². The van der Waals surface area contributed by atoms with E-state index in [1.165, 1.54) is 25.7 Å². The van der Waals surface area contributed by atoms with Crippen LogP contribution >= 0.6 is 0 Å². The fourth-order valence-corrected chi connectivity index (χ4v) is 3.95. The molecule has 0 aromatic heterocycles. The molecular formula is C17H30N2O. The molecule has 1 heterocycles. The summed E-state index contributed by atoms with van der Waals surface area (Å²) in [4.78, 5) is 2.55. The molecule has 1 saturated carbocycles. The summed E-state index contributed by atoms with van der Waals surface area (Å²) in [5.74, 6) is 0.948. The van der Waals surface area contributed by atoms with Gasteiger partial charge in [0.1, 0.15) is 0 Å². The van der Waals surface area contributed by atoms with Crippen LogP contribution in [0, 0.1) is 28.6 Å². The molecule has 0 bridgehead atoms. The molecule has 4 atom stereocenters. The Labute approximate surface area is 124 Å². The molecule has 20 heavy (non-hydrogen) atoms. The van der Waals surface area contributed by atoms with E-state index in [1.54, 1.807) is 0 Å². The number of hydrogen-bond acceptors (Lipinski definition) is 3. The Morgan fingerprint density at radius 2 is 1.95 bits per heavy atom. The maximum atomic E-state index is 9.50. The molecular weight excluding hydrogens is 248 g/mol. The lowest BCUT2D eigenvalue weighted by molar-refractivity contribution is -0.0145. The van der Waals surface area contributed by atoms with Crippen molar-refractivity contribution < 1.29 is 4.74 Å². The highest BCUT2D eigenvalue weighted by molar-refractivity contribution is 5.00. The first kappa shape index (κ1) is 15.8. The fraction of sp³-hybridized carbons (Fsp3) is 0.941. The second kappa shape index (κ2) is 6.45. The second-order valence-corrected chi connectivity index (χ2v) is 7.67. The minimum Gasteiger partial charge on any atom is -0.380 e. The minimum atomic E-state index is 0.212. The van der Waals surface area contributed by atoms with Crippen molar-refractivity contribution in [3.8, 4) is 6.07 Å². The number of likely N-dealkylation sites (tertiary alicyclic amines) is 1. The first-order valence-electron chi connectivity index (χ1n) is 8.12. The molecule has 0 amide bonds. The lowest BCUT2D eigenvalue weighted by Crippen LogP contribution is -2.51. The second-order valence-electron chi connectivity index (χ2n) is 7.67. The van der Waals surface area contributed by atoms with Gasteiger partial charge in [-0.2, -0.15) is 5.26 Å². The number of piperidine rings is 1. The van der Waals surface area contributed by atoms with Crippen molar-refractivity contribution in [3.63, 3.8) is 0 Å². The maximum Gasteiger partial charge on any atom is 0.0698 e. The summed E-state index contributed by atoms with van der Waals surface area (Å²) in [6.45, 7) is 9.18. The summed E-state index contributed by atoms with van der Waals surface area (Å²) in [5, 5.41) is 9.50. The van der Waals surface area contributed by atoms with Gasteiger partial charge < -0.3 is 4.74 Å². The van der Waals surface area contributed by atoms with Crippen LogP contribution in [-0.4, -0.2) is 37.2 Å². The molecule has 0 N–H and O–H groups in total. The Balaban J connectivity index is 2.07. The van der Waals surface area contributed by atoms with Crippen molar-refractivity contribution in [1.82, 2.24) is 4.90 Å². The number of hydrogen-bond donors (Lipinski definition) is 0. The van der Waals surface area contributed by atoms with Gasteiger partial charge in [-0.05, 0) is 50.0 Å². The highest BCUT2D eigenvalue weighted by Gasteiger charge is 2.39. The lowest BCUT2D eigenvalue weighted by atomic mass is 9.67. The average molecular weight is 278 g/mol. The van der Waals surface area contributed by atoms with Crippen LogP contribution in [-0.2, 0) is 4.74 Å². The average Bonchev–Trinajstić information content (AvgIpc) is 2.45. The summed E-state index contributed by atoms with van der Waals surface area (Å²) in [5.41, 5.74) is 0.356. The maximum absolute atomic E-state index is 9.50. The zero-order valence-corrected chi connectivity index (χ0v) is 13.6. The third-order valence-corrected chi connectivity index (χ3v) is 5.42. The summed E-state index contributed by atoms with van der Waals surface area (Å²) in [6.07, 6.45) is 6.18. The van der Waals surface area contributed by atoms with E-state index in [0.717, 1.165) is 25.4 Å². The Kier molecular flexibility index (Phi) is 5.09. The molecule has 1 aliphatic heterocycles. The van der Waals surface area contributed by atoms with E-state index in [0.29, 0.717) is 17.6 Å². The van der Waals surface area contributed by atoms with Crippen molar-refractivity contribution in [3.05, 3.63) is 0 Å². The zero-order chi connectivity index (χ0) is 14.8. The monoisotopic (exact) mass is 278 g/mol. The van der Waals surface area contributed by atoms with Crippen molar-refractivity contribution in [2.24, 2.45) is 17.3 Å². The molecule has 0 aromatic carbocycles. The summed E-state index contributed by atoms with van der Waals surface area (Å²) < 4.78 is 5.55. The molecule has 2 rings (SSSR count). The number of ether oxygens (including phenoxy) is 1. The summed E-state index contributed by atoms with van der Waals surface area (Å²) in [6, 6.07) is 3.01. The van der Waals surface area contributed by atoms with E-state index >= 15 is 0 Å². The quantitative estimate of drug-likeness (QED) is 0.776. The van der Waals surface area contributed by atoms with Gasteiger partial charge in [0.05, 0.1) is 18.1 Å². The van der Waals surface area contributed by atoms with Gasteiger partial charge in [0.25, 0.3) is 0 Å². The zero-order valence-electron chi connectivity index (χ0n) is 13.6. The third kappa shape index (κ3) is 3.54. The van der Waals surface area contributed by atoms with Crippen LogP contribution in [0.25, 0.3) is 0 Å². The van der Waals surface area contributed by atoms with Crippen LogP contribution in [0.2, 0.25) is 0 Å². The van der Waals surface area contributed by atoms with E-state index in [-0.39, 0.29) is 5.92 Å². The predicted molar refractivity (Wildman–Crippen MR) is 81.3 cm³/mol. The van der Waals surface area contributed by atoms with Crippen LogP contribution in [0.4, 0.5) is 0 Å². The van der Waals surface area contributed by atoms with Crippen LogP contribution in [0.5, 0.6) is 0 Å². The molecule has 1 saturated heterocycles. The van der Waals surface area contributed by atoms with Crippen LogP contribution in [0.1, 0.15) is 52.9 Å². The molecule has 2 fully saturated rings. The smallest absolute Gasteiger partial charge is 0.0698 e. The molecule has 4 unspecified atom stereocenters. The van der Waals surface area contributed by atoms with Gasteiger partial charge in [-0.25, -0.2) is 0 Å². The van der Waals surface area contributed by atoms with Crippen molar-refractivity contribution in [1.29, 1.82) is 5.26 Å². The molecule has 3 nitrogen and oxygen atoms in total. The van der Waals surface area contributed by atoms with Gasteiger partial charge in [-0.3, -0.25) is 4.90 Å². The molecule has 2 aliphatic rings. The Bertz CT molecular complexity index is 355. The van der Waals surface area contributed by atoms with Gasteiger partial charge in [0.15, 0.2) is 0 Å². The van der Waals surface area contributed by atoms with E-state index in [2.05, 4.69) is 31.7 Å². The van der Waals surface area contributed by atoms with Crippen molar-refractivity contribution in [2.45, 2.75) is 65.0 Å². The van der Waals surface area contributed by atoms with Gasteiger partial charge >= 0.3 is 0 Å². The van der Waals surface area contributed by atoms with Crippen LogP contribution in [0.15, 0.2) is 0 Å². The summed E-state index contributed by atoms with van der Waals surface area (Å²) >= 11 is 0. The van der Waals surface area contributed by atoms with Crippen LogP contribution in [0.3, 0.4) is 0 Å². The number of methoxy groups -OCH3 is 1. The molecule has 0 aromatic rings. The highest BCUT2D eigenvalue weighted by atomic mass is 16.5. The Hall–Kier alpha value is -0.590. The largest absolute Gasteiger partial charge is 0.380 e. The fourth-order valence-electron chi connectivity index (χ4n) is 3.95. The SMILES string of the molecule is COC1CCCN(C2CC(C(C)(C)C)CCC2C#N)C1. The molecule has 1 aliphatic carbocycles. The van der Waals surface area contributed by atoms with Crippen molar-refractivity contribution >= 4 is 0 Å². The topological polar surface area (TPSA) is 36.3 Å². The molecule has 114 valence electrons. The van der Waals surface area contributed by atoms with Gasteiger partial charge in [-0.1, -0.05) is 20.8 Å². The van der Waals surface area contributed by atoms with E-state index < -0.39 is 0 Å².